The highest BCUT2D eigenvalue weighted by Gasteiger charge is 2.13. The average Bonchev–Trinajstić information content (AvgIpc) is 2.36. The molecule has 0 aromatic heterocycles. The van der Waals surface area contributed by atoms with Crippen molar-refractivity contribution in [2.45, 2.75) is 58.5 Å². The van der Waals surface area contributed by atoms with E-state index < -0.39 is 0 Å². The van der Waals surface area contributed by atoms with E-state index >= 15 is 0 Å². The molecule has 0 fully saturated rings. The Morgan fingerprint density at radius 2 is 1.71 bits per heavy atom. The van der Waals surface area contributed by atoms with Gasteiger partial charge in [-0.1, -0.05) is 39.3 Å². The van der Waals surface area contributed by atoms with Crippen molar-refractivity contribution in [2.24, 2.45) is 0 Å². The summed E-state index contributed by atoms with van der Waals surface area (Å²) in [6.45, 7) is 6.66. The molecule has 2 N–H and O–H groups in total. The highest BCUT2D eigenvalue weighted by molar-refractivity contribution is 5.28. The van der Waals surface area contributed by atoms with Crippen LogP contribution in [0.15, 0.2) is 24.3 Å². The Labute approximate surface area is 105 Å². The van der Waals surface area contributed by atoms with E-state index in [2.05, 4.69) is 26.1 Å². The molecular weight excluding hydrogens is 210 g/mol. The first-order valence-electron chi connectivity index (χ1n) is 6.76. The summed E-state index contributed by atoms with van der Waals surface area (Å²) in [7, 11) is 0. The number of hydrogen-bond acceptors (Lipinski definition) is 2. The van der Waals surface area contributed by atoms with Crippen LogP contribution < -0.4 is 5.32 Å². The maximum Gasteiger partial charge on any atom is 0.115 e. The Hall–Kier alpha value is -1.02. The molecule has 1 aromatic carbocycles. The molecule has 0 amide bonds. The van der Waals surface area contributed by atoms with Gasteiger partial charge < -0.3 is 10.4 Å². The molecule has 2 atom stereocenters. The van der Waals surface area contributed by atoms with Gasteiger partial charge in [-0.2, -0.15) is 0 Å². The van der Waals surface area contributed by atoms with Crippen molar-refractivity contribution in [1.29, 1.82) is 0 Å². The molecule has 0 aliphatic carbocycles. The minimum atomic E-state index is 0.337. The molecule has 0 saturated heterocycles. The Balaban J connectivity index is 2.67. The molecule has 2 unspecified atom stereocenters. The topological polar surface area (TPSA) is 32.3 Å². The summed E-state index contributed by atoms with van der Waals surface area (Å²) in [5.41, 5.74) is 1.26. The van der Waals surface area contributed by atoms with E-state index in [1.54, 1.807) is 12.1 Å². The molecule has 1 aromatic rings. The Bertz CT molecular complexity index is 307. The van der Waals surface area contributed by atoms with E-state index in [0.717, 1.165) is 6.42 Å². The Morgan fingerprint density at radius 1 is 1.06 bits per heavy atom. The molecule has 0 aliphatic rings. The van der Waals surface area contributed by atoms with Crippen LogP contribution in [0.1, 0.15) is 58.1 Å². The molecule has 0 spiro atoms. The maximum atomic E-state index is 9.30. The molecule has 96 valence electrons. The fourth-order valence-electron chi connectivity index (χ4n) is 2.19. The van der Waals surface area contributed by atoms with Gasteiger partial charge in [-0.05, 0) is 37.0 Å². The summed E-state index contributed by atoms with van der Waals surface area (Å²) in [5.74, 6) is 0.337. The second-order valence-corrected chi connectivity index (χ2v) is 4.61. The second-order valence-electron chi connectivity index (χ2n) is 4.61. The summed E-state index contributed by atoms with van der Waals surface area (Å²) in [4.78, 5) is 0. The normalized spacial score (nSPS) is 14.5. The zero-order valence-electron chi connectivity index (χ0n) is 11.2. The SMILES string of the molecule is CCCC(CC)NC(CC)c1ccc(O)cc1. The van der Waals surface area contributed by atoms with Gasteiger partial charge in [0.2, 0.25) is 0 Å². The number of phenols is 1. The van der Waals surface area contributed by atoms with Crippen LogP contribution in [0.3, 0.4) is 0 Å². The summed E-state index contributed by atoms with van der Waals surface area (Å²) >= 11 is 0. The van der Waals surface area contributed by atoms with Gasteiger partial charge in [-0.25, -0.2) is 0 Å². The molecule has 0 radical (unpaired) electrons. The number of phenolic OH excluding ortho intramolecular Hbond substituents is 1. The van der Waals surface area contributed by atoms with Crippen molar-refractivity contribution < 1.29 is 5.11 Å². The first kappa shape index (κ1) is 14.0. The van der Waals surface area contributed by atoms with Crippen LogP contribution in [-0.2, 0) is 0 Å². The molecule has 17 heavy (non-hydrogen) atoms. The van der Waals surface area contributed by atoms with Crippen LogP contribution >= 0.6 is 0 Å². The summed E-state index contributed by atoms with van der Waals surface area (Å²) in [6.07, 6.45) is 4.69. The van der Waals surface area contributed by atoms with Gasteiger partial charge in [0, 0.05) is 12.1 Å². The van der Waals surface area contributed by atoms with Crippen molar-refractivity contribution in [2.75, 3.05) is 0 Å². The smallest absolute Gasteiger partial charge is 0.115 e. The number of aromatic hydroxyl groups is 1. The number of nitrogens with one attached hydrogen (secondary N) is 1. The van der Waals surface area contributed by atoms with Gasteiger partial charge in [0.25, 0.3) is 0 Å². The number of hydrogen-bond donors (Lipinski definition) is 2. The van der Waals surface area contributed by atoms with E-state index in [0.29, 0.717) is 17.8 Å². The monoisotopic (exact) mass is 235 g/mol. The third kappa shape index (κ3) is 4.39. The summed E-state index contributed by atoms with van der Waals surface area (Å²) in [5, 5.41) is 13.0. The van der Waals surface area contributed by atoms with Crippen LogP contribution in [0.2, 0.25) is 0 Å². The van der Waals surface area contributed by atoms with E-state index in [9.17, 15) is 5.11 Å². The summed E-state index contributed by atoms with van der Waals surface area (Å²) < 4.78 is 0. The van der Waals surface area contributed by atoms with Crippen molar-refractivity contribution in [3.05, 3.63) is 29.8 Å². The third-order valence-electron chi connectivity index (χ3n) is 3.27. The van der Waals surface area contributed by atoms with Gasteiger partial charge >= 0.3 is 0 Å². The third-order valence-corrected chi connectivity index (χ3v) is 3.27. The van der Waals surface area contributed by atoms with E-state index in [1.807, 2.05) is 12.1 Å². The number of benzene rings is 1. The first-order valence-corrected chi connectivity index (χ1v) is 6.76. The van der Waals surface area contributed by atoms with Crippen LogP contribution in [0.4, 0.5) is 0 Å². The lowest BCUT2D eigenvalue weighted by atomic mass is 10.0. The Morgan fingerprint density at radius 3 is 2.18 bits per heavy atom. The van der Waals surface area contributed by atoms with Crippen LogP contribution in [0.5, 0.6) is 5.75 Å². The van der Waals surface area contributed by atoms with Crippen molar-refractivity contribution in [3.8, 4) is 5.75 Å². The maximum absolute atomic E-state index is 9.30. The van der Waals surface area contributed by atoms with Gasteiger partial charge in [0.05, 0.1) is 0 Å². The fourth-order valence-corrected chi connectivity index (χ4v) is 2.19. The van der Waals surface area contributed by atoms with Gasteiger partial charge in [0.15, 0.2) is 0 Å². The molecule has 2 nitrogen and oxygen atoms in total. The average molecular weight is 235 g/mol. The molecule has 0 heterocycles. The van der Waals surface area contributed by atoms with Gasteiger partial charge in [-0.3, -0.25) is 0 Å². The molecule has 1 rings (SSSR count). The van der Waals surface area contributed by atoms with Crippen molar-refractivity contribution in [1.82, 2.24) is 5.32 Å². The second kappa shape index (κ2) is 7.33. The van der Waals surface area contributed by atoms with E-state index in [1.165, 1.54) is 24.8 Å². The lowest BCUT2D eigenvalue weighted by Gasteiger charge is -2.24. The lowest BCUT2D eigenvalue weighted by Crippen LogP contribution is -2.32. The molecule has 0 aliphatic heterocycles. The highest BCUT2D eigenvalue weighted by atomic mass is 16.3. The van der Waals surface area contributed by atoms with E-state index in [-0.39, 0.29) is 0 Å². The Kier molecular flexibility index (Phi) is 6.06. The van der Waals surface area contributed by atoms with E-state index in [4.69, 9.17) is 0 Å². The van der Waals surface area contributed by atoms with Crippen molar-refractivity contribution >= 4 is 0 Å². The first-order chi connectivity index (χ1) is 8.21. The van der Waals surface area contributed by atoms with Crippen LogP contribution in [-0.4, -0.2) is 11.1 Å². The quantitative estimate of drug-likeness (QED) is 0.748. The zero-order chi connectivity index (χ0) is 12.7. The molecule has 2 heteroatoms. The standard InChI is InChI=1S/C15H25NO/c1-4-7-13(5-2)16-15(6-3)12-8-10-14(17)11-9-12/h8-11,13,15-17H,4-7H2,1-3H3. The zero-order valence-corrected chi connectivity index (χ0v) is 11.2. The molecule has 0 saturated carbocycles. The van der Waals surface area contributed by atoms with Gasteiger partial charge in [0.1, 0.15) is 5.75 Å². The predicted octanol–water partition coefficient (Wildman–Crippen LogP) is 4.01. The molecule has 0 bridgehead atoms. The van der Waals surface area contributed by atoms with Crippen LogP contribution in [0, 0.1) is 0 Å². The largest absolute Gasteiger partial charge is 0.508 e. The van der Waals surface area contributed by atoms with Crippen LogP contribution in [0.25, 0.3) is 0 Å². The fraction of sp³-hybridized carbons (Fsp3) is 0.600. The lowest BCUT2D eigenvalue weighted by molar-refractivity contribution is 0.394. The minimum absolute atomic E-state index is 0.337. The number of rotatable bonds is 7. The highest BCUT2D eigenvalue weighted by Crippen LogP contribution is 2.21. The van der Waals surface area contributed by atoms with Gasteiger partial charge in [-0.15, -0.1) is 0 Å². The predicted molar refractivity (Wildman–Crippen MR) is 73.3 cm³/mol. The molecular formula is C15H25NO. The minimum Gasteiger partial charge on any atom is -0.508 e. The van der Waals surface area contributed by atoms with Crippen molar-refractivity contribution in [3.63, 3.8) is 0 Å². The summed E-state index contributed by atoms with van der Waals surface area (Å²) in [6, 6.07) is 8.54.